The number of esters is 1. The number of ether oxygens (including phenoxy) is 2. The lowest BCUT2D eigenvalue weighted by Crippen LogP contribution is -2.09. The molecule has 6 nitrogen and oxygen atoms in total. The first-order valence-electron chi connectivity index (χ1n) is 8.76. The van der Waals surface area contributed by atoms with Crippen molar-refractivity contribution in [2.75, 3.05) is 7.11 Å². The third-order valence-electron chi connectivity index (χ3n) is 4.52. The number of carbonyl (C=O) groups is 1. The highest BCUT2D eigenvalue weighted by Gasteiger charge is 2.22. The van der Waals surface area contributed by atoms with Gasteiger partial charge in [0.1, 0.15) is 17.8 Å². The lowest BCUT2D eigenvalue weighted by Gasteiger charge is -2.07. The van der Waals surface area contributed by atoms with Crippen LogP contribution >= 0.6 is 0 Å². The van der Waals surface area contributed by atoms with Crippen LogP contribution in [0.25, 0.3) is 21.9 Å². The van der Waals surface area contributed by atoms with Gasteiger partial charge in [0.05, 0.1) is 6.61 Å². The van der Waals surface area contributed by atoms with E-state index >= 15 is 0 Å². The molecule has 0 unspecified atom stereocenters. The fourth-order valence-electron chi connectivity index (χ4n) is 3.22. The van der Waals surface area contributed by atoms with Crippen LogP contribution < -0.4 is 5.63 Å². The maximum Gasteiger partial charge on any atom is 0.374 e. The van der Waals surface area contributed by atoms with Gasteiger partial charge in [-0.25, -0.2) is 9.59 Å². The van der Waals surface area contributed by atoms with Gasteiger partial charge in [0, 0.05) is 35.1 Å². The van der Waals surface area contributed by atoms with Crippen molar-refractivity contribution in [3.8, 4) is 0 Å². The fraction of sp³-hybridized carbons (Fsp3) is 0.182. The van der Waals surface area contributed by atoms with Gasteiger partial charge in [-0.05, 0) is 24.6 Å². The van der Waals surface area contributed by atoms with E-state index in [1.54, 1.807) is 19.2 Å². The molecule has 0 saturated carbocycles. The number of rotatable bonds is 5. The quantitative estimate of drug-likeness (QED) is 0.379. The Labute approximate surface area is 160 Å². The summed E-state index contributed by atoms with van der Waals surface area (Å²) in [5.74, 6) is -0.511. The molecule has 6 heteroatoms. The van der Waals surface area contributed by atoms with Gasteiger partial charge in [0.2, 0.25) is 5.76 Å². The molecule has 0 fully saturated rings. The highest BCUT2D eigenvalue weighted by atomic mass is 16.5. The third-order valence-corrected chi connectivity index (χ3v) is 4.52. The molecular weight excluding hydrogens is 360 g/mol. The second kappa shape index (κ2) is 7.32. The minimum Gasteiger partial charge on any atom is -0.455 e. The van der Waals surface area contributed by atoms with Crippen LogP contribution in [0, 0.1) is 6.92 Å². The SMILES string of the molecule is COCc1c(C(=O)OCc2cc(=O)oc3cc(C)ccc23)oc2ccccc12. The van der Waals surface area contributed by atoms with Crippen molar-refractivity contribution < 1.29 is 23.1 Å². The first-order chi connectivity index (χ1) is 13.6. The van der Waals surface area contributed by atoms with Crippen molar-refractivity contribution >= 4 is 27.9 Å². The Balaban J connectivity index is 1.65. The smallest absolute Gasteiger partial charge is 0.374 e. The van der Waals surface area contributed by atoms with Crippen molar-refractivity contribution in [2.24, 2.45) is 0 Å². The van der Waals surface area contributed by atoms with E-state index in [-0.39, 0.29) is 19.0 Å². The van der Waals surface area contributed by atoms with Crippen LogP contribution in [-0.4, -0.2) is 13.1 Å². The number of hydrogen-bond donors (Lipinski definition) is 0. The van der Waals surface area contributed by atoms with Crippen molar-refractivity contribution in [2.45, 2.75) is 20.1 Å². The van der Waals surface area contributed by atoms with Gasteiger partial charge < -0.3 is 18.3 Å². The summed E-state index contributed by atoms with van der Waals surface area (Å²) < 4.78 is 21.6. The molecule has 0 saturated heterocycles. The summed E-state index contributed by atoms with van der Waals surface area (Å²) in [6.07, 6.45) is 0. The van der Waals surface area contributed by atoms with E-state index in [9.17, 15) is 9.59 Å². The topological polar surface area (TPSA) is 78.9 Å². The molecule has 0 aliphatic heterocycles. The zero-order chi connectivity index (χ0) is 19.7. The van der Waals surface area contributed by atoms with Gasteiger partial charge in [0.15, 0.2) is 0 Å². The summed E-state index contributed by atoms with van der Waals surface area (Å²) >= 11 is 0. The van der Waals surface area contributed by atoms with Crippen LogP contribution in [0.1, 0.15) is 27.2 Å². The molecule has 2 heterocycles. The van der Waals surface area contributed by atoms with Gasteiger partial charge in [-0.1, -0.05) is 30.3 Å². The third kappa shape index (κ3) is 3.30. The molecule has 0 N–H and O–H groups in total. The number of para-hydroxylation sites is 1. The van der Waals surface area contributed by atoms with Crippen molar-refractivity contribution in [3.05, 3.63) is 81.4 Å². The maximum atomic E-state index is 12.7. The van der Waals surface area contributed by atoms with Gasteiger partial charge in [-0.2, -0.15) is 0 Å². The number of furan rings is 1. The molecule has 0 spiro atoms. The number of aryl methyl sites for hydroxylation is 1. The molecule has 0 atom stereocenters. The van der Waals surface area contributed by atoms with E-state index in [0.29, 0.717) is 22.3 Å². The normalized spacial score (nSPS) is 11.2. The minimum absolute atomic E-state index is 0.0759. The monoisotopic (exact) mass is 378 g/mol. The molecular formula is C22H18O6. The Kier molecular flexibility index (Phi) is 4.71. The predicted molar refractivity (Wildman–Crippen MR) is 103 cm³/mol. The summed E-state index contributed by atoms with van der Waals surface area (Å²) in [6, 6.07) is 14.2. The first kappa shape index (κ1) is 18.0. The number of methoxy groups -OCH3 is 1. The molecule has 142 valence electrons. The molecule has 0 aliphatic carbocycles. The van der Waals surface area contributed by atoms with Crippen LogP contribution in [0.4, 0.5) is 0 Å². The van der Waals surface area contributed by atoms with Gasteiger partial charge in [-0.15, -0.1) is 0 Å². The van der Waals surface area contributed by atoms with E-state index < -0.39 is 11.6 Å². The highest BCUT2D eigenvalue weighted by Crippen LogP contribution is 2.27. The zero-order valence-electron chi connectivity index (χ0n) is 15.5. The zero-order valence-corrected chi connectivity index (χ0v) is 15.5. The molecule has 0 amide bonds. The highest BCUT2D eigenvalue weighted by molar-refractivity contribution is 5.96. The standard InChI is InChI=1S/C22H18O6/c1-13-7-8-15-14(10-20(23)27-19(15)9-13)11-26-22(24)21-17(12-25-2)16-5-3-4-6-18(16)28-21/h3-10H,11-12H2,1-2H3. The predicted octanol–water partition coefficient (Wildman–Crippen LogP) is 4.35. The number of benzene rings is 2. The lowest BCUT2D eigenvalue weighted by atomic mass is 10.1. The Hall–Kier alpha value is -3.38. The van der Waals surface area contributed by atoms with E-state index in [2.05, 4.69) is 0 Å². The van der Waals surface area contributed by atoms with Crippen molar-refractivity contribution in [1.29, 1.82) is 0 Å². The van der Waals surface area contributed by atoms with Crippen LogP contribution in [0.2, 0.25) is 0 Å². The molecule has 28 heavy (non-hydrogen) atoms. The molecule has 4 aromatic rings. The molecule has 2 aromatic heterocycles. The summed E-state index contributed by atoms with van der Waals surface area (Å²) in [7, 11) is 1.55. The maximum absolute atomic E-state index is 12.7. The van der Waals surface area contributed by atoms with Gasteiger partial charge >= 0.3 is 11.6 Å². The van der Waals surface area contributed by atoms with Gasteiger partial charge in [0.25, 0.3) is 0 Å². The van der Waals surface area contributed by atoms with Crippen LogP contribution in [0.3, 0.4) is 0 Å². The average Bonchev–Trinajstić information content (AvgIpc) is 3.04. The minimum atomic E-state index is -0.614. The number of fused-ring (bicyclic) bond motifs is 2. The van der Waals surface area contributed by atoms with E-state index in [4.69, 9.17) is 18.3 Å². The fourth-order valence-corrected chi connectivity index (χ4v) is 3.22. The van der Waals surface area contributed by atoms with Crippen LogP contribution in [0.15, 0.2) is 62.2 Å². The molecule has 0 aliphatic rings. The van der Waals surface area contributed by atoms with E-state index in [1.165, 1.54) is 6.07 Å². The molecule has 4 rings (SSSR count). The second-order valence-electron chi connectivity index (χ2n) is 6.51. The van der Waals surface area contributed by atoms with Crippen molar-refractivity contribution in [3.63, 3.8) is 0 Å². The molecule has 0 bridgehead atoms. The lowest BCUT2D eigenvalue weighted by molar-refractivity contribution is 0.0433. The van der Waals surface area contributed by atoms with Crippen LogP contribution in [0.5, 0.6) is 0 Å². The summed E-state index contributed by atoms with van der Waals surface area (Å²) in [5, 5.41) is 1.53. The van der Waals surface area contributed by atoms with Crippen LogP contribution in [-0.2, 0) is 22.7 Å². The Morgan fingerprint density at radius 1 is 0.964 bits per heavy atom. The summed E-state index contributed by atoms with van der Waals surface area (Å²) in [6.45, 7) is 2.05. The number of carbonyl (C=O) groups excluding carboxylic acids is 1. The summed E-state index contributed by atoms with van der Waals surface area (Å²) in [5.41, 5.74) is 2.73. The second-order valence-corrected chi connectivity index (χ2v) is 6.51. The molecule has 0 radical (unpaired) electrons. The molecule has 2 aromatic carbocycles. The van der Waals surface area contributed by atoms with E-state index in [0.717, 1.165) is 16.3 Å². The largest absolute Gasteiger partial charge is 0.455 e. The summed E-state index contributed by atoms with van der Waals surface area (Å²) in [4.78, 5) is 24.5. The number of hydrogen-bond acceptors (Lipinski definition) is 6. The Morgan fingerprint density at radius 2 is 1.79 bits per heavy atom. The Bertz CT molecular complexity index is 1230. The van der Waals surface area contributed by atoms with E-state index in [1.807, 2.05) is 37.3 Å². The Morgan fingerprint density at radius 3 is 2.61 bits per heavy atom. The van der Waals surface area contributed by atoms with Crippen molar-refractivity contribution in [1.82, 2.24) is 0 Å². The van der Waals surface area contributed by atoms with Gasteiger partial charge in [-0.3, -0.25) is 0 Å². The first-order valence-corrected chi connectivity index (χ1v) is 8.76. The average molecular weight is 378 g/mol.